The molecule has 0 unspecified atom stereocenters. The van der Waals surface area contributed by atoms with Crippen molar-refractivity contribution in [3.05, 3.63) is 60.9 Å². The summed E-state index contributed by atoms with van der Waals surface area (Å²) in [6.45, 7) is 0. The van der Waals surface area contributed by atoms with Gasteiger partial charge in [0.15, 0.2) is 11.6 Å². The number of urea groups is 1. The maximum absolute atomic E-state index is 12.2. The van der Waals surface area contributed by atoms with Crippen molar-refractivity contribution in [2.75, 3.05) is 10.6 Å². The van der Waals surface area contributed by atoms with Gasteiger partial charge in [0, 0.05) is 0 Å². The number of carbonyl (C=O) groups excluding carboxylic acids is 1. The number of carbonyl (C=O) groups is 1. The first-order chi connectivity index (χ1) is 11.7. The minimum atomic E-state index is -0.450. The first-order valence-electron chi connectivity index (χ1n) is 7.21. The van der Waals surface area contributed by atoms with Crippen LogP contribution >= 0.6 is 0 Å². The van der Waals surface area contributed by atoms with Crippen molar-refractivity contribution in [2.45, 2.75) is 0 Å². The molecule has 7 heteroatoms. The van der Waals surface area contributed by atoms with Crippen LogP contribution in [0, 0.1) is 0 Å². The molecular weight excluding hydrogens is 306 g/mol. The highest BCUT2D eigenvalue weighted by Gasteiger charge is 2.34. The number of hydrogen-bond acceptors (Lipinski definition) is 5. The van der Waals surface area contributed by atoms with Crippen molar-refractivity contribution >= 4 is 29.0 Å². The highest BCUT2D eigenvalue weighted by atomic mass is 16.5. The number of aromatic nitrogens is 2. The average Bonchev–Trinajstić information content (AvgIpc) is 2.94. The van der Waals surface area contributed by atoms with E-state index in [2.05, 4.69) is 15.3 Å². The van der Waals surface area contributed by atoms with Gasteiger partial charge in [0.05, 0.1) is 5.69 Å². The summed E-state index contributed by atoms with van der Waals surface area (Å²) >= 11 is 0. The van der Waals surface area contributed by atoms with Gasteiger partial charge in [-0.05, 0) is 36.4 Å². The number of anilines is 3. The highest BCUT2D eigenvalue weighted by Crippen LogP contribution is 2.40. The number of ether oxygens (including phenoxy) is 1. The summed E-state index contributed by atoms with van der Waals surface area (Å²) in [5.74, 6) is 1.88. The lowest BCUT2D eigenvalue weighted by Crippen LogP contribution is -2.23. The van der Waals surface area contributed by atoms with Gasteiger partial charge in [-0.3, -0.25) is 4.90 Å². The van der Waals surface area contributed by atoms with Crippen LogP contribution < -0.4 is 20.7 Å². The van der Waals surface area contributed by atoms with E-state index in [0.29, 0.717) is 17.1 Å². The van der Waals surface area contributed by atoms with Crippen LogP contribution in [0.5, 0.6) is 11.5 Å². The van der Waals surface area contributed by atoms with Crippen molar-refractivity contribution < 1.29 is 9.53 Å². The van der Waals surface area contributed by atoms with Gasteiger partial charge in [0.1, 0.15) is 23.5 Å². The predicted molar refractivity (Wildman–Crippen MR) is 88.7 cm³/mol. The third-order valence-corrected chi connectivity index (χ3v) is 3.52. The van der Waals surface area contributed by atoms with E-state index in [9.17, 15) is 4.79 Å². The van der Waals surface area contributed by atoms with Crippen LogP contribution in [0.15, 0.2) is 60.9 Å². The van der Waals surface area contributed by atoms with Crippen LogP contribution in [0.1, 0.15) is 0 Å². The SMILES string of the molecule is Nc1ncnc2c1N(c1ccc(Oc3ccccc3)cc1)C(=O)[N]2. The third-order valence-electron chi connectivity index (χ3n) is 3.52. The second-order valence-electron chi connectivity index (χ2n) is 5.07. The lowest BCUT2D eigenvalue weighted by Gasteiger charge is -2.16. The van der Waals surface area contributed by atoms with Crippen LogP contribution in [-0.4, -0.2) is 16.0 Å². The summed E-state index contributed by atoms with van der Waals surface area (Å²) < 4.78 is 5.74. The molecule has 0 atom stereocenters. The van der Waals surface area contributed by atoms with Gasteiger partial charge >= 0.3 is 6.03 Å². The molecule has 1 radical (unpaired) electrons. The van der Waals surface area contributed by atoms with E-state index in [4.69, 9.17) is 10.5 Å². The number of fused-ring (bicyclic) bond motifs is 1. The summed E-state index contributed by atoms with van der Waals surface area (Å²) in [6.07, 6.45) is 1.28. The minimum Gasteiger partial charge on any atom is -0.457 e. The summed E-state index contributed by atoms with van der Waals surface area (Å²) in [7, 11) is 0. The molecule has 2 N–H and O–H groups in total. The second kappa shape index (κ2) is 5.54. The molecule has 0 aliphatic carbocycles. The Kier molecular flexibility index (Phi) is 3.24. The van der Waals surface area contributed by atoms with E-state index in [1.54, 1.807) is 24.3 Å². The number of para-hydroxylation sites is 1. The van der Waals surface area contributed by atoms with Crippen molar-refractivity contribution in [2.24, 2.45) is 0 Å². The fourth-order valence-corrected chi connectivity index (χ4v) is 2.44. The molecule has 0 saturated heterocycles. The molecule has 117 valence electrons. The zero-order valence-corrected chi connectivity index (χ0v) is 12.5. The number of amides is 2. The number of nitrogens with two attached hydrogens (primary N) is 1. The predicted octanol–water partition coefficient (Wildman–Crippen LogP) is 3.36. The number of benzene rings is 2. The fourth-order valence-electron chi connectivity index (χ4n) is 2.44. The average molecular weight is 318 g/mol. The van der Waals surface area contributed by atoms with E-state index in [1.807, 2.05) is 30.3 Å². The highest BCUT2D eigenvalue weighted by molar-refractivity contribution is 6.11. The van der Waals surface area contributed by atoms with E-state index < -0.39 is 6.03 Å². The largest absolute Gasteiger partial charge is 0.457 e. The van der Waals surface area contributed by atoms with E-state index in [-0.39, 0.29) is 11.6 Å². The standard InChI is InChI=1S/C17H12N5O2/c18-15-14-16(20-10-19-15)21-17(23)22(14)11-6-8-13(9-7-11)24-12-4-2-1-3-5-12/h1-10H,(H2,18,19,20). The monoisotopic (exact) mass is 318 g/mol. The molecule has 3 aromatic rings. The molecule has 2 heterocycles. The van der Waals surface area contributed by atoms with E-state index in [1.165, 1.54) is 11.2 Å². The Morgan fingerprint density at radius 3 is 2.38 bits per heavy atom. The van der Waals surface area contributed by atoms with Gasteiger partial charge in [0.2, 0.25) is 0 Å². The Bertz CT molecular complexity index is 897. The first-order valence-corrected chi connectivity index (χ1v) is 7.21. The van der Waals surface area contributed by atoms with E-state index >= 15 is 0 Å². The zero-order valence-electron chi connectivity index (χ0n) is 12.5. The quantitative estimate of drug-likeness (QED) is 0.799. The topological polar surface area (TPSA) is 95.4 Å². The molecule has 4 rings (SSSR count). The lowest BCUT2D eigenvalue weighted by molar-refractivity contribution is 0.253. The number of nitrogen functional groups attached to an aromatic ring is 1. The Balaban J connectivity index is 1.63. The molecule has 1 aliphatic heterocycles. The maximum Gasteiger partial charge on any atom is 0.354 e. The normalized spacial score (nSPS) is 12.7. The maximum atomic E-state index is 12.2. The Morgan fingerprint density at radius 1 is 0.917 bits per heavy atom. The van der Waals surface area contributed by atoms with E-state index in [0.717, 1.165) is 5.75 Å². The Morgan fingerprint density at radius 2 is 1.62 bits per heavy atom. The molecular formula is C17H12N5O2. The minimum absolute atomic E-state index is 0.208. The Hall–Kier alpha value is -3.61. The summed E-state index contributed by atoms with van der Waals surface area (Å²) in [6, 6.07) is 16.1. The fraction of sp³-hybridized carbons (Fsp3) is 0. The van der Waals surface area contributed by atoms with Crippen molar-refractivity contribution in [3.63, 3.8) is 0 Å². The first kappa shape index (κ1) is 14.0. The number of nitrogens with zero attached hydrogens (tertiary/aromatic N) is 4. The molecule has 7 nitrogen and oxygen atoms in total. The molecule has 0 bridgehead atoms. The van der Waals surface area contributed by atoms with Crippen LogP contribution in [0.3, 0.4) is 0 Å². The van der Waals surface area contributed by atoms with Crippen LogP contribution in [0.2, 0.25) is 0 Å². The van der Waals surface area contributed by atoms with Gasteiger partial charge in [0.25, 0.3) is 0 Å². The van der Waals surface area contributed by atoms with Gasteiger partial charge in [-0.15, -0.1) is 0 Å². The van der Waals surface area contributed by atoms with Crippen molar-refractivity contribution in [1.82, 2.24) is 15.3 Å². The van der Waals surface area contributed by atoms with Crippen molar-refractivity contribution in [3.8, 4) is 11.5 Å². The molecule has 1 aliphatic rings. The molecule has 2 aromatic carbocycles. The Labute approximate surface area is 137 Å². The molecule has 1 aromatic heterocycles. The van der Waals surface area contributed by atoms with Crippen molar-refractivity contribution in [1.29, 1.82) is 0 Å². The number of hydrogen-bond donors (Lipinski definition) is 1. The second-order valence-corrected chi connectivity index (χ2v) is 5.07. The zero-order chi connectivity index (χ0) is 16.5. The summed E-state index contributed by atoms with van der Waals surface area (Å²) in [5, 5.41) is 3.89. The third kappa shape index (κ3) is 2.38. The smallest absolute Gasteiger partial charge is 0.354 e. The molecule has 0 fully saturated rings. The molecule has 24 heavy (non-hydrogen) atoms. The molecule has 0 spiro atoms. The van der Waals surface area contributed by atoms with Gasteiger partial charge < -0.3 is 10.5 Å². The number of rotatable bonds is 3. The van der Waals surface area contributed by atoms with Crippen LogP contribution in [-0.2, 0) is 0 Å². The summed E-state index contributed by atoms with van der Waals surface area (Å²) in [4.78, 5) is 21.4. The van der Waals surface area contributed by atoms with Gasteiger partial charge in [-0.1, -0.05) is 18.2 Å². The van der Waals surface area contributed by atoms with Gasteiger partial charge in [-0.25, -0.2) is 14.8 Å². The molecule has 2 amide bonds. The lowest BCUT2D eigenvalue weighted by atomic mass is 10.2. The van der Waals surface area contributed by atoms with Gasteiger partial charge in [-0.2, -0.15) is 5.32 Å². The van der Waals surface area contributed by atoms with Crippen LogP contribution in [0.4, 0.5) is 27.8 Å². The summed E-state index contributed by atoms with van der Waals surface area (Å²) in [5.41, 5.74) is 6.88. The molecule has 0 saturated carbocycles. The van der Waals surface area contributed by atoms with Crippen LogP contribution in [0.25, 0.3) is 0 Å².